The van der Waals surface area contributed by atoms with E-state index >= 15 is 0 Å². The zero-order chi connectivity index (χ0) is 15.2. The average molecular weight is 313 g/mol. The molecule has 0 saturated carbocycles. The third kappa shape index (κ3) is 4.59. The Morgan fingerprint density at radius 2 is 2.38 bits per heavy atom. The van der Waals surface area contributed by atoms with Gasteiger partial charge in [-0.15, -0.1) is 0 Å². The molecule has 116 valence electrons. The molecule has 1 saturated heterocycles. The lowest BCUT2D eigenvalue weighted by atomic mass is 10.1. The molecule has 1 aliphatic heterocycles. The highest BCUT2D eigenvalue weighted by molar-refractivity contribution is 6.31. The third-order valence-corrected chi connectivity index (χ3v) is 3.95. The molecule has 1 amide bonds. The Morgan fingerprint density at radius 3 is 3.05 bits per heavy atom. The highest BCUT2D eigenvalue weighted by Crippen LogP contribution is 2.27. The van der Waals surface area contributed by atoms with E-state index < -0.39 is 0 Å². The maximum absolute atomic E-state index is 12.0. The van der Waals surface area contributed by atoms with Crippen LogP contribution in [0.3, 0.4) is 0 Å². The number of amides is 1. The molecule has 6 heteroatoms. The monoisotopic (exact) mass is 312 g/mol. The van der Waals surface area contributed by atoms with Gasteiger partial charge >= 0.3 is 0 Å². The molecule has 0 spiro atoms. The third-order valence-electron chi connectivity index (χ3n) is 3.72. The van der Waals surface area contributed by atoms with Crippen molar-refractivity contribution in [2.24, 2.45) is 5.92 Å². The molecule has 1 aliphatic rings. The largest absolute Gasteiger partial charge is 0.495 e. The summed E-state index contributed by atoms with van der Waals surface area (Å²) in [4.78, 5) is 14.2. The number of likely N-dealkylation sites (tertiary alicyclic amines) is 1. The Labute approximate surface area is 129 Å². The van der Waals surface area contributed by atoms with E-state index in [2.05, 4.69) is 10.2 Å². The molecule has 0 bridgehead atoms. The summed E-state index contributed by atoms with van der Waals surface area (Å²) in [5, 5.41) is 12.5. The summed E-state index contributed by atoms with van der Waals surface area (Å²) in [6.07, 6.45) is 1.41. The maximum Gasteiger partial charge on any atom is 0.225 e. The van der Waals surface area contributed by atoms with Gasteiger partial charge in [0.25, 0.3) is 0 Å². The second-order valence-corrected chi connectivity index (χ2v) is 5.72. The van der Waals surface area contributed by atoms with Crippen molar-refractivity contribution in [1.82, 2.24) is 4.90 Å². The van der Waals surface area contributed by atoms with Gasteiger partial charge in [-0.2, -0.15) is 0 Å². The van der Waals surface area contributed by atoms with Crippen molar-refractivity contribution in [3.05, 3.63) is 23.2 Å². The van der Waals surface area contributed by atoms with Crippen LogP contribution in [0.25, 0.3) is 0 Å². The number of anilines is 1. The summed E-state index contributed by atoms with van der Waals surface area (Å²) in [5.41, 5.74) is 0.588. The van der Waals surface area contributed by atoms with Gasteiger partial charge in [-0.1, -0.05) is 11.6 Å². The number of nitrogens with zero attached hydrogens (tertiary/aromatic N) is 1. The van der Waals surface area contributed by atoms with Crippen LogP contribution < -0.4 is 10.1 Å². The van der Waals surface area contributed by atoms with Crippen molar-refractivity contribution in [3.63, 3.8) is 0 Å². The number of hydrogen-bond donors (Lipinski definition) is 2. The minimum Gasteiger partial charge on any atom is -0.495 e. The van der Waals surface area contributed by atoms with Crippen molar-refractivity contribution in [1.29, 1.82) is 0 Å². The van der Waals surface area contributed by atoms with E-state index in [0.717, 1.165) is 19.5 Å². The van der Waals surface area contributed by atoms with Gasteiger partial charge in [-0.3, -0.25) is 4.79 Å². The van der Waals surface area contributed by atoms with Crippen LogP contribution in [-0.4, -0.2) is 49.3 Å². The summed E-state index contributed by atoms with van der Waals surface area (Å²) in [5.74, 6) is 0.873. The van der Waals surface area contributed by atoms with Gasteiger partial charge in [0.2, 0.25) is 5.91 Å². The van der Waals surface area contributed by atoms with Gasteiger partial charge in [0.05, 0.1) is 12.8 Å². The number of halogens is 1. The van der Waals surface area contributed by atoms with Crippen LogP contribution in [0, 0.1) is 5.92 Å². The zero-order valence-corrected chi connectivity index (χ0v) is 12.9. The molecule has 21 heavy (non-hydrogen) atoms. The lowest BCUT2D eigenvalue weighted by Gasteiger charge is -2.15. The van der Waals surface area contributed by atoms with Crippen LogP contribution in [0.1, 0.15) is 12.8 Å². The molecular weight excluding hydrogens is 292 g/mol. The first kappa shape index (κ1) is 16.1. The zero-order valence-electron chi connectivity index (χ0n) is 12.1. The van der Waals surface area contributed by atoms with E-state index in [1.165, 1.54) is 0 Å². The normalized spacial score (nSPS) is 18.7. The topological polar surface area (TPSA) is 61.8 Å². The molecule has 2 N–H and O–H groups in total. The fourth-order valence-electron chi connectivity index (χ4n) is 2.52. The van der Waals surface area contributed by atoms with E-state index in [0.29, 0.717) is 35.3 Å². The van der Waals surface area contributed by atoms with Crippen LogP contribution in [0.2, 0.25) is 5.02 Å². The molecule has 0 aromatic heterocycles. The predicted molar refractivity (Wildman–Crippen MR) is 82.9 cm³/mol. The smallest absolute Gasteiger partial charge is 0.225 e. The Balaban J connectivity index is 1.83. The second-order valence-electron chi connectivity index (χ2n) is 5.28. The van der Waals surface area contributed by atoms with E-state index in [9.17, 15) is 4.79 Å². The number of rotatable bonds is 6. The number of methoxy groups -OCH3 is 1. The van der Waals surface area contributed by atoms with Crippen molar-refractivity contribution < 1.29 is 14.6 Å². The van der Waals surface area contributed by atoms with E-state index in [4.69, 9.17) is 21.4 Å². The Morgan fingerprint density at radius 1 is 1.57 bits per heavy atom. The van der Waals surface area contributed by atoms with Crippen molar-refractivity contribution in [2.45, 2.75) is 12.8 Å². The lowest BCUT2D eigenvalue weighted by Crippen LogP contribution is -2.26. The molecule has 0 aliphatic carbocycles. The molecule has 5 nitrogen and oxygen atoms in total. The van der Waals surface area contributed by atoms with Gasteiger partial charge in [0.15, 0.2) is 0 Å². The highest BCUT2D eigenvalue weighted by atomic mass is 35.5. The van der Waals surface area contributed by atoms with Crippen LogP contribution in [0.4, 0.5) is 5.69 Å². The minimum absolute atomic E-state index is 0.0667. The van der Waals surface area contributed by atoms with Gasteiger partial charge in [-0.25, -0.2) is 0 Å². The molecule has 1 atom stereocenters. The Kier molecular flexibility index (Phi) is 5.85. The SMILES string of the molecule is COc1ccc(Cl)cc1NC(=O)CCN1CCC(CO)C1. The molecule has 1 unspecified atom stereocenters. The van der Waals surface area contributed by atoms with E-state index in [-0.39, 0.29) is 12.5 Å². The van der Waals surface area contributed by atoms with E-state index in [1.54, 1.807) is 25.3 Å². The van der Waals surface area contributed by atoms with Crippen molar-refractivity contribution in [2.75, 3.05) is 38.7 Å². The number of benzene rings is 1. The summed E-state index contributed by atoms with van der Waals surface area (Å²) in [6.45, 7) is 2.73. The van der Waals surface area contributed by atoms with Crippen LogP contribution in [0.5, 0.6) is 5.75 Å². The summed E-state index contributed by atoms with van der Waals surface area (Å²) in [6, 6.07) is 5.12. The fourth-order valence-corrected chi connectivity index (χ4v) is 2.69. The second kappa shape index (κ2) is 7.64. The van der Waals surface area contributed by atoms with Crippen LogP contribution in [-0.2, 0) is 4.79 Å². The fraction of sp³-hybridized carbons (Fsp3) is 0.533. The van der Waals surface area contributed by atoms with Crippen LogP contribution >= 0.6 is 11.6 Å². The summed E-state index contributed by atoms with van der Waals surface area (Å²) in [7, 11) is 1.55. The first-order chi connectivity index (χ1) is 10.1. The number of nitrogens with one attached hydrogen (secondary N) is 1. The van der Waals surface area contributed by atoms with E-state index in [1.807, 2.05) is 0 Å². The molecule has 2 rings (SSSR count). The molecule has 1 aromatic rings. The quantitative estimate of drug-likeness (QED) is 0.843. The Bertz CT molecular complexity index is 496. The molecular formula is C15H21ClN2O3. The van der Waals surface area contributed by atoms with Gasteiger partial charge in [0, 0.05) is 31.1 Å². The maximum atomic E-state index is 12.0. The van der Waals surface area contributed by atoms with Gasteiger partial charge in [-0.05, 0) is 37.1 Å². The predicted octanol–water partition coefficient (Wildman–Crippen LogP) is 1.99. The van der Waals surface area contributed by atoms with Gasteiger partial charge in [0.1, 0.15) is 5.75 Å². The number of hydrogen-bond acceptors (Lipinski definition) is 4. The standard InChI is InChI=1S/C15H21ClN2O3/c1-21-14-3-2-12(16)8-13(14)17-15(20)5-7-18-6-4-11(9-18)10-19/h2-3,8,11,19H,4-7,9-10H2,1H3,(H,17,20). The minimum atomic E-state index is -0.0667. The highest BCUT2D eigenvalue weighted by Gasteiger charge is 2.21. The lowest BCUT2D eigenvalue weighted by molar-refractivity contribution is -0.116. The molecule has 0 radical (unpaired) electrons. The molecule has 1 heterocycles. The molecule has 1 aromatic carbocycles. The van der Waals surface area contributed by atoms with Gasteiger partial charge < -0.3 is 20.1 Å². The number of carbonyl (C=O) groups is 1. The summed E-state index contributed by atoms with van der Waals surface area (Å²) >= 11 is 5.93. The van der Waals surface area contributed by atoms with Crippen LogP contribution in [0.15, 0.2) is 18.2 Å². The summed E-state index contributed by atoms with van der Waals surface area (Å²) < 4.78 is 5.20. The van der Waals surface area contributed by atoms with Crippen molar-refractivity contribution >= 4 is 23.2 Å². The number of aliphatic hydroxyl groups is 1. The molecule has 1 fully saturated rings. The number of ether oxygens (including phenoxy) is 1. The Hall–Kier alpha value is -1.30. The first-order valence-corrected chi connectivity index (χ1v) is 7.46. The average Bonchev–Trinajstić information content (AvgIpc) is 2.93. The number of aliphatic hydroxyl groups excluding tert-OH is 1. The van der Waals surface area contributed by atoms with Crippen molar-refractivity contribution in [3.8, 4) is 5.75 Å². The first-order valence-electron chi connectivity index (χ1n) is 7.09. The number of carbonyl (C=O) groups excluding carboxylic acids is 1.